The highest BCUT2D eigenvalue weighted by Crippen LogP contribution is 2.24. The molecule has 0 aliphatic carbocycles. The lowest BCUT2D eigenvalue weighted by Gasteiger charge is -2.10. The van der Waals surface area contributed by atoms with E-state index in [2.05, 4.69) is 20.7 Å². The predicted octanol–water partition coefficient (Wildman–Crippen LogP) is 3.84. The summed E-state index contributed by atoms with van der Waals surface area (Å²) >= 11 is 2.97. The summed E-state index contributed by atoms with van der Waals surface area (Å²) in [4.78, 5) is -0.0284. The normalized spacial score (nSPS) is 11.4. The number of benzene rings is 2. The lowest BCUT2D eigenvalue weighted by molar-refractivity contribution is 0.598. The molecular weight excluding hydrogens is 352 g/mol. The Morgan fingerprint density at radius 2 is 1.80 bits per heavy atom. The third-order valence-corrected chi connectivity index (χ3v) is 4.75. The van der Waals surface area contributed by atoms with Crippen LogP contribution in [0.4, 0.5) is 14.5 Å². The van der Waals surface area contributed by atoms with E-state index in [-0.39, 0.29) is 15.1 Å². The molecule has 0 atom stereocenters. The smallest absolute Gasteiger partial charge is 0.262 e. The number of hydrogen-bond acceptors (Lipinski definition) is 2. The third kappa shape index (κ3) is 3.16. The van der Waals surface area contributed by atoms with Crippen molar-refractivity contribution in [2.24, 2.45) is 0 Å². The monoisotopic (exact) mass is 361 g/mol. The van der Waals surface area contributed by atoms with Gasteiger partial charge in [0.2, 0.25) is 0 Å². The van der Waals surface area contributed by atoms with Gasteiger partial charge in [0.05, 0.1) is 15.1 Å². The Morgan fingerprint density at radius 1 is 1.10 bits per heavy atom. The highest BCUT2D eigenvalue weighted by Gasteiger charge is 2.17. The largest absolute Gasteiger partial charge is 0.280 e. The molecule has 0 unspecified atom stereocenters. The zero-order chi connectivity index (χ0) is 14.9. The number of nitrogens with one attached hydrogen (secondary N) is 1. The molecule has 20 heavy (non-hydrogen) atoms. The van der Waals surface area contributed by atoms with Gasteiger partial charge in [-0.05, 0) is 64.8 Å². The van der Waals surface area contributed by atoms with Gasteiger partial charge >= 0.3 is 0 Å². The minimum absolute atomic E-state index is 0.0284. The van der Waals surface area contributed by atoms with Gasteiger partial charge in [0.25, 0.3) is 10.0 Å². The Hall–Kier alpha value is -1.47. The fourth-order valence-corrected chi connectivity index (χ4v) is 3.34. The fourth-order valence-electron chi connectivity index (χ4n) is 1.68. The fraction of sp³-hybridized carbons (Fsp3) is 0.0769. The molecular formula is C13H10BrF2NO2S. The molecule has 2 rings (SSSR count). The van der Waals surface area contributed by atoms with Crippen molar-refractivity contribution < 1.29 is 17.2 Å². The molecule has 2 aromatic rings. The van der Waals surface area contributed by atoms with Crippen molar-refractivity contribution in [3.8, 4) is 0 Å². The van der Waals surface area contributed by atoms with Crippen LogP contribution < -0.4 is 4.72 Å². The maximum Gasteiger partial charge on any atom is 0.262 e. The first kappa shape index (κ1) is 14.9. The molecule has 0 aromatic heterocycles. The SMILES string of the molecule is Cc1cc(F)ccc1S(=O)(=O)Nc1ccc(F)c(Br)c1. The second-order valence-corrected chi connectivity index (χ2v) is 6.65. The van der Waals surface area contributed by atoms with Crippen LogP contribution in [0.25, 0.3) is 0 Å². The molecule has 0 saturated carbocycles. The van der Waals surface area contributed by atoms with Crippen LogP contribution in [0.2, 0.25) is 0 Å². The minimum Gasteiger partial charge on any atom is -0.280 e. The summed E-state index contributed by atoms with van der Waals surface area (Å²) in [7, 11) is -3.85. The van der Waals surface area contributed by atoms with E-state index in [1.54, 1.807) is 0 Å². The summed E-state index contributed by atoms with van der Waals surface area (Å²) in [6, 6.07) is 7.14. The van der Waals surface area contributed by atoms with Crippen LogP contribution in [0.1, 0.15) is 5.56 Å². The Balaban J connectivity index is 2.38. The van der Waals surface area contributed by atoms with E-state index in [1.165, 1.54) is 25.1 Å². The van der Waals surface area contributed by atoms with E-state index in [4.69, 9.17) is 0 Å². The van der Waals surface area contributed by atoms with Crippen molar-refractivity contribution >= 4 is 31.6 Å². The Morgan fingerprint density at radius 3 is 2.40 bits per heavy atom. The first-order chi connectivity index (χ1) is 9.29. The Kier molecular flexibility index (Phi) is 4.10. The van der Waals surface area contributed by atoms with Crippen molar-refractivity contribution in [3.05, 3.63) is 58.1 Å². The van der Waals surface area contributed by atoms with Crippen LogP contribution >= 0.6 is 15.9 Å². The van der Waals surface area contributed by atoms with E-state index in [1.807, 2.05) is 0 Å². The molecule has 0 saturated heterocycles. The third-order valence-electron chi connectivity index (χ3n) is 2.60. The summed E-state index contributed by atoms with van der Waals surface area (Å²) in [6.07, 6.45) is 0. The average Bonchev–Trinajstić information content (AvgIpc) is 2.33. The van der Waals surface area contributed by atoms with Gasteiger partial charge in [-0.1, -0.05) is 0 Å². The molecule has 0 aliphatic heterocycles. The predicted molar refractivity (Wildman–Crippen MR) is 76.0 cm³/mol. The second kappa shape index (κ2) is 5.49. The molecule has 106 valence electrons. The van der Waals surface area contributed by atoms with Crippen molar-refractivity contribution in [1.82, 2.24) is 0 Å². The average molecular weight is 362 g/mol. The highest BCUT2D eigenvalue weighted by atomic mass is 79.9. The quantitative estimate of drug-likeness (QED) is 0.902. The summed E-state index contributed by atoms with van der Waals surface area (Å²) in [5, 5.41) is 0. The molecule has 0 bridgehead atoms. The molecule has 0 aliphatic rings. The van der Waals surface area contributed by atoms with Gasteiger partial charge in [0, 0.05) is 0 Å². The van der Waals surface area contributed by atoms with Gasteiger partial charge in [-0.2, -0.15) is 0 Å². The van der Waals surface area contributed by atoms with Gasteiger partial charge in [0.1, 0.15) is 11.6 Å². The van der Waals surface area contributed by atoms with Crippen molar-refractivity contribution in [1.29, 1.82) is 0 Å². The molecule has 0 spiro atoms. The molecule has 3 nitrogen and oxygen atoms in total. The number of halogens is 3. The van der Waals surface area contributed by atoms with E-state index in [0.29, 0.717) is 5.56 Å². The number of hydrogen-bond donors (Lipinski definition) is 1. The van der Waals surface area contributed by atoms with Gasteiger partial charge in [-0.3, -0.25) is 4.72 Å². The van der Waals surface area contributed by atoms with Gasteiger partial charge < -0.3 is 0 Å². The van der Waals surface area contributed by atoms with Crippen LogP contribution in [0.5, 0.6) is 0 Å². The van der Waals surface area contributed by atoms with Crippen LogP contribution in [0, 0.1) is 18.6 Å². The molecule has 0 amide bonds. The van der Waals surface area contributed by atoms with Gasteiger partial charge in [-0.25, -0.2) is 17.2 Å². The van der Waals surface area contributed by atoms with Crippen LogP contribution in [0.15, 0.2) is 45.8 Å². The lowest BCUT2D eigenvalue weighted by atomic mass is 10.2. The Labute approximate surface area is 123 Å². The summed E-state index contributed by atoms with van der Waals surface area (Å²) in [6.45, 7) is 1.50. The molecule has 2 aromatic carbocycles. The van der Waals surface area contributed by atoms with Gasteiger partial charge in [0.15, 0.2) is 0 Å². The molecule has 0 radical (unpaired) electrons. The van der Waals surface area contributed by atoms with Gasteiger partial charge in [-0.15, -0.1) is 0 Å². The van der Waals surface area contributed by atoms with Crippen molar-refractivity contribution in [2.45, 2.75) is 11.8 Å². The summed E-state index contributed by atoms with van der Waals surface area (Å²) < 4.78 is 52.9. The van der Waals surface area contributed by atoms with Crippen LogP contribution in [-0.4, -0.2) is 8.42 Å². The van der Waals surface area contributed by atoms with Crippen LogP contribution in [0.3, 0.4) is 0 Å². The maximum absolute atomic E-state index is 13.1. The minimum atomic E-state index is -3.85. The topological polar surface area (TPSA) is 46.2 Å². The molecule has 0 fully saturated rings. The lowest BCUT2D eigenvalue weighted by Crippen LogP contribution is -2.14. The van der Waals surface area contributed by atoms with E-state index >= 15 is 0 Å². The number of sulfonamides is 1. The molecule has 7 heteroatoms. The Bertz CT molecular complexity index is 763. The first-order valence-corrected chi connectivity index (χ1v) is 7.81. The standard InChI is InChI=1S/C13H10BrF2NO2S/c1-8-6-9(15)2-5-13(8)20(18,19)17-10-3-4-12(16)11(14)7-10/h2-7,17H,1H3. The van der Waals surface area contributed by atoms with Crippen molar-refractivity contribution in [2.75, 3.05) is 4.72 Å². The summed E-state index contributed by atoms with van der Waals surface area (Å²) in [5.74, 6) is -1.00. The van der Waals surface area contributed by atoms with Crippen LogP contribution in [-0.2, 0) is 10.0 Å². The number of rotatable bonds is 3. The van der Waals surface area contributed by atoms with E-state index < -0.39 is 21.7 Å². The number of aryl methyl sites for hydroxylation is 1. The van der Waals surface area contributed by atoms with E-state index in [9.17, 15) is 17.2 Å². The van der Waals surface area contributed by atoms with Crippen molar-refractivity contribution in [3.63, 3.8) is 0 Å². The molecule has 0 heterocycles. The second-order valence-electron chi connectivity index (χ2n) is 4.14. The zero-order valence-corrected chi connectivity index (χ0v) is 12.7. The zero-order valence-electron chi connectivity index (χ0n) is 10.3. The highest BCUT2D eigenvalue weighted by molar-refractivity contribution is 9.10. The molecule has 1 N–H and O–H groups in total. The number of anilines is 1. The summed E-state index contributed by atoms with van der Waals surface area (Å²) in [5.41, 5.74) is 0.501. The first-order valence-electron chi connectivity index (χ1n) is 5.53. The maximum atomic E-state index is 13.1. The van der Waals surface area contributed by atoms with E-state index in [0.717, 1.165) is 18.2 Å².